The normalized spacial score (nSPS) is 10.8. The van der Waals surface area contributed by atoms with E-state index in [0.29, 0.717) is 6.61 Å². The van der Waals surface area contributed by atoms with Crippen molar-refractivity contribution in [2.24, 2.45) is 0 Å². The van der Waals surface area contributed by atoms with E-state index in [4.69, 9.17) is 9.47 Å². The number of hydrogen-bond acceptors (Lipinski definition) is 3. The summed E-state index contributed by atoms with van der Waals surface area (Å²) in [6.45, 7) is 6.84. The van der Waals surface area contributed by atoms with Crippen molar-refractivity contribution >= 4 is 0 Å². The van der Waals surface area contributed by atoms with Crippen LogP contribution in [0.1, 0.15) is 39.0 Å². The van der Waals surface area contributed by atoms with Gasteiger partial charge in [0.15, 0.2) is 0 Å². The second-order valence-corrected chi connectivity index (χ2v) is 3.77. The van der Waals surface area contributed by atoms with Crippen LogP contribution in [0.3, 0.4) is 0 Å². The molecule has 0 amide bonds. The van der Waals surface area contributed by atoms with Crippen LogP contribution in [0.25, 0.3) is 0 Å². The van der Waals surface area contributed by atoms with Gasteiger partial charge < -0.3 is 14.8 Å². The van der Waals surface area contributed by atoms with Crippen molar-refractivity contribution in [2.75, 3.05) is 40.0 Å². The molecule has 3 heteroatoms. The van der Waals surface area contributed by atoms with Gasteiger partial charge in [0.05, 0.1) is 13.2 Å². The second kappa shape index (κ2) is 13.9. The molecule has 92 valence electrons. The first-order chi connectivity index (χ1) is 7.41. The van der Waals surface area contributed by atoms with Crippen LogP contribution in [-0.4, -0.2) is 40.0 Å². The zero-order valence-electron chi connectivity index (χ0n) is 10.4. The molecule has 1 N–H and O–H groups in total. The van der Waals surface area contributed by atoms with Gasteiger partial charge in [0.25, 0.3) is 0 Å². The lowest BCUT2D eigenvalue weighted by Crippen LogP contribution is -2.15. The number of hydrogen-bond donors (Lipinski definition) is 1. The first-order valence-corrected chi connectivity index (χ1v) is 6.19. The molecule has 3 nitrogen and oxygen atoms in total. The second-order valence-electron chi connectivity index (χ2n) is 3.77. The van der Waals surface area contributed by atoms with Gasteiger partial charge in [-0.2, -0.15) is 0 Å². The van der Waals surface area contributed by atoms with Crippen molar-refractivity contribution in [3.63, 3.8) is 0 Å². The largest absolute Gasteiger partial charge is 0.382 e. The Balaban J connectivity index is 2.81. The molecule has 0 spiro atoms. The Kier molecular flexibility index (Phi) is 13.8. The summed E-state index contributed by atoms with van der Waals surface area (Å²) in [6, 6.07) is 0. The van der Waals surface area contributed by atoms with Crippen molar-refractivity contribution < 1.29 is 9.47 Å². The Morgan fingerprint density at radius 2 is 1.67 bits per heavy atom. The molecule has 0 aromatic heterocycles. The molecule has 0 unspecified atom stereocenters. The predicted octanol–water partition coefficient (Wildman–Crippen LogP) is 2.21. The number of rotatable bonds is 12. The maximum absolute atomic E-state index is 5.38. The summed E-state index contributed by atoms with van der Waals surface area (Å²) in [5, 5.41) is 3.41. The zero-order chi connectivity index (χ0) is 11.2. The number of ether oxygens (including phenoxy) is 2. The van der Waals surface area contributed by atoms with Gasteiger partial charge >= 0.3 is 0 Å². The van der Waals surface area contributed by atoms with E-state index in [9.17, 15) is 0 Å². The standard InChI is InChI=1S/C12H27NO2/c1-3-8-13-9-6-4-5-7-10-15-12-11-14-2/h13H,3-12H2,1-2H3. The van der Waals surface area contributed by atoms with Crippen molar-refractivity contribution in [3.8, 4) is 0 Å². The van der Waals surface area contributed by atoms with E-state index in [1.54, 1.807) is 7.11 Å². The van der Waals surface area contributed by atoms with Gasteiger partial charge in [0.2, 0.25) is 0 Å². The van der Waals surface area contributed by atoms with Crippen LogP contribution in [0.2, 0.25) is 0 Å². The smallest absolute Gasteiger partial charge is 0.0700 e. The molecular weight excluding hydrogens is 190 g/mol. The first-order valence-electron chi connectivity index (χ1n) is 6.19. The Morgan fingerprint density at radius 3 is 2.40 bits per heavy atom. The molecule has 0 bridgehead atoms. The maximum Gasteiger partial charge on any atom is 0.0700 e. The van der Waals surface area contributed by atoms with E-state index in [0.717, 1.165) is 19.8 Å². The van der Waals surface area contributed by atoms with Crippen molar-refractivity contribution in [1.82, 2.24) is 5.32 Å². The van der Waals surface area contributed by atoms with Crippen LogP contribution in [0.5, 0.6) is 0 Å². The van der Waals surface area contributed by atoms with Crippen LogP contribution in [0.15, 0.2) is 0 Å². The van der Waals surface area contributed by atoms with E-state index < -0.39 is 0 Å². The minimum absolute atomic E-state index is 0.709. The minimum Gasteiger partial charge on any atom is -0.382 e. The average Bonchev–Trinajstić information content (AvgIpc) is 2.26. The van der Waals surface area contributed by atoms with E-state index >= 15 is 0 Å². The van der Waals surface area contributed by atoms with Gasteiger partial charge in [-0.1, -0.05) is 19.8 Å². The lowest BCUT2D eigenvalue weighted by Gasteiger charge is -2.04. The summed E-state index contributed by atoms with van der Waals surface area (Å²) in [7, 11) is 1.70. The summed E-state index contributed by atoms with van der Waals surface area (Å²) >= 11 is 0. The maximum atomic E-state index is 5.38. The predicted molar refractivity (Wildman–Crippen MR) is 64.3 cm³/mol. The van der Waals surface area contributed by atoms with Gasteiger partial charge in [-0.3, -0.25) is 0 Å². The van der Waals surface area contributed by atoms with Gasteiger partial charge in [-0.25, -0.2) is 0 Å². The minimum atomic E-state index is 0.709. The quantitative estimate of drug-likeness (QED) is 0.508. The third kappa shape index (κ3) is 13.9. The molecule has 0 aromatic carbocycles. The SMILES string of the molecule is CCCNCCCCCCOCCOC. The molecule has 0 heterocycles. The van der Waals surface area contributed by atoms with Gasteiger partial charge in [0, 0.05) is 13.7 Å². The Hall–Kier alpha value is -0.120. The molecule has 15 heavy (non-hydrogen) atoms. The van der Waals surface area contributed by atoms with E-state index in [1.165, 1.54) is 38.6 Å². The molecule has 0 aliphatic carbocycles. The molecule has 0 fully saturated rings. The summed E-state index contributed by atoms with van der Waals surface area (Å²) < 4.78 is 10.3. The van der Waals surface area contributed by atoms with E-state index in [-0.39, 0.29) is 0 Å². The third-order valence-corrected chi connectivity index (χ3v) is 2.25. The van der Waals surface area contributed by atoms with Crippen LogP contribution in [0.4, 0.5) is 0 Å². The zero-order valence-corrected chi connectivity index (χ0v) is 10.4. The molecular formula is C12H27NO2. The highest BCUT2D eigenvalue weighted by atomic mass is 16.5. The molecule has 0 saturated carbocycles. The number of methoxy groups -OCH3 is 1. The fourth-order valence-electron chi connectivity index (χ4n) is 1.35. The van der Waals surface area contributed by atoms with Crippen molar-refractivity contribution in [2.45, 2.75) is 39.0 Å². The highest BCUT2D eigenvalue weighted by Gasteiger charge is 1.91. The van der Waals surface area contributed by atoms with Gasteiger partial charge in [-0.15, -0.1) is 0 Å². The summed E-state index contributed by atoms with van der Waals surface area (Å²) in [6.07, 6.45) is 6.29. The fourth-order valence-corrected chi connectivity index (χ4v) is 1.35. The summed E-state index contributed by atoms with van der Waals surface area (Å²) in [5.74, 6) is 0. The van der Waals surface area contributed by atoms with Gasteiger partial charge in [-0.05, 0) is 32.4 Å². The van der Waals surface area contributed by atoms with E-state index in [2.05, 4.69) is 12.2 Å². The topological polar surface area (TPSA) is 30.5 Å². The average molecular weight is 217 g/mol. The molecule has 0 rings (SSSR count). The van der Waals surface area contributed by atoms with E-state index in [1.807, 2.05) is 0 Å². The molecule has 0 saturated heterocycles. The Labute approximate surface area is 94.5 Å². The summed E-state index contributed by atoms with van der Waals surface area (Å²) in [4.78, 5) is 0. The molecule has 0 atom stereocenters. The highest BCUT2D eigenvalue weighted by Crippen LogP contribution is 1.99. The molecule has 0 aliphatic rings. The van der Waals surface area contributed by atoms with Crippen molar-refractivity contribution in [3.05, 3.63) is 0 Å². The highest BCUT2D eigenvalue weighted by molar-refractivity contribution is 4.48. The van der Waals surface area contributed by atoms with Crippen molar-refractivity contribution in [1.29, 1.82) is 0 Å². The first kappa shape index (κ1) is 14.9. The van der Waals surface area contributed by atoms with Crippen LogP contribution in [0, 0.1) is 0 Å². The Morgan fingerprint density at radius 1 is 0.867 bits per heavy atom. The van der Waals surface area contributed by atoms with Crippen LogP contribution >= 0.6 is 0 Å². The van der Waals surface area contributed by atoms with Crippen LogP contribution in [-0.2, 0) is 9.47 Å². The van der Waals surface area contributed by atoms with Gasteiger partial charge in [0.1, 0.15) is 0 Å². The fraction of sp³-hybridized carbons (Fsp3) is 1.00. The molecule has 0 aromatic rings. The lowest BCUT2D eigenvalue weighted by molar-refractivity contribution is 0.0686. The monoisotopic (exact) mass is 217 g/mol. The third-order valence-electron chi connectivity index (χ3n) is 2.25. The molecule has 0 radical (unpaired) electrons. The number of unbranched alkanes of at least 4 members (excludes halogenated alkanes) is 3. The number of nitrogens with one attached hydrogen (secondary N) is 1. The Bertz CT molecular complexity index is 97.8. The van der Waals surface area contributed by atoms with Crippen LogP contribution < -0.4 is 5.32 Å². The molecule has 0 aliphatic heterocycles. The lowest BCUT2D eigenvalue weighted by atomic mass is 10.2. The summed E-state index contributed by atoms with van der Waals surface area (Å²) in [5.41, 5.74) is 0.